The highest BCUT2D eigenvalue weighted by Crippen LogP contribution is 2.17. The Morgan fingerprint density at radius 1 is 1.40 bits per heavy atom. The molecule has 1 aliphatic rings. The molecule has 1 aliphatic heterocycles. The summed E-state index contributed by atoms with van der Waals surface area (Å²) in [5.41, 5.74) is 5.75. The number of amides is 1. The summed E-state index contributed by atoms with van der Waals surface area (Å²) in [7, 11) is 0. The molecule has 0 aromatic heterocycles. The number of piperidine rings is 1. The number of halogens is 1. The van der Waals surface area contributed by atoms with Gasteiger partial charge < -0.3 is 16.0 Å². The lowest BCUT2D eigenvalue weighted by Gasteiger charge is -2.34. The van der Waals surface area contributed by atoms with Gasteiger partial charge in [-0.1, -0.05) is 6.07 Å². The second-order valence-electron chi connectivity index (χ2n) is 5.58. The number of anilines is 1. The quantitative estimate of drug-likeness (QED) is 0.832. The van der Waals surface area contributed by atoms with Crippen molar-refractivity contribution in [1.29, 1.82) is 0 Å². The summed E-state index contributed by atoms with van der Waals surface area (Å²) in [5, 5.41) is 2.95. The average molecular weight is 279 g/mol. The van der Waals surface area contributed by atoms with Gasteiger partial charge >= 0.3 is 0 Å². The van der Waals surface area contributed by atoms with Gasteiger partial charge in [-0.3, -0.25) is 4.79 Å². The van der Waals surface area contributed by atoms with Gasteiger partial charge in [-0.25, -0.2) is 4.39 Å². The molecule has 1 heterocycles. The zero-order valence-corrected chi connectivity index (χ0v) is 12.0. The number of likely N-dealkylation sites (tertiary alicyclic amines) is 1. The maximum absolute atomic E-state index is 13.3. The molecule has 3 N–H and O–H groups in total. The molecular weight excluding hydrogens is 257 g/mol. The summed E-state index contributed by atoms with van der Waals surface area (Å²) in [6.45, 7) is 6.29. The van der Waals surface area contributed by atoms with E-state index in [1.54, 1.807) is 6.07 Å². The number of rotatable bonds is 3. The monoisotopic (exact) mass is 279 g/mol. The van der Waals surface area contributed by atoms with Crippen molar-refractivity contribution in [3.63, 3.8) is 0 Å². The van der Waals surface area contributed by atoms with Crippen LogP contribution in [-0.2, 0) is 0 Å². The van der Waals surface area contributed by atoms with Gasteiger partial charge in [-0.05, 0) is 38.8 Å². The Kier molecular flexibility index (Phi) is 4.60. The first-order valence-corrected chi connectivity index (χ1v) is 7.08. The van der Waals surface area contributed by atoms with Crippen molar-refractivity contribution in [2.75, 3.05) is 18.8 Å². The first kappa shape index (κ1) is 14.8. The predicted molar refractivity (Wildman–Crippen MR) is 78.0 cm³/mol. The van der Waals surface area contributed by atoms with E-state index < -0.39 is 5.82 Å². The number of para-hydroxylation sites is 1. The zero-order chi connectivity index (χ0) is 14.7. The molecule has 0 saturated carbocycles. The van der Waals surface area contributed by atoms with Crippen molar-refractivity contribution in [1.82, 2.24) is 10.2 Å². The fraction of sp³-hybridized carbons (Fsp3) is 0.533. The maximum atomic E-state index is 13.3. The molecule has 110 valence electrons. The molecule has 0 radical (unpaired) electrons. The Hall–Kier alpha value is -1.62. The minimum absolute atomic E-state index is 0.0791. The molecule has 1 aromatic rings. The van der Waals surface area contributed by atoms with Gasteiger partial charge in [0, 0.05) is 25.2 Å². The Morgan fingerprint density at radius 3 is 2.65 bits per heavy atom. The molecule has 20 heavy (non-hydrogen) atoms. The van der Waals surface area contributed by atoms with Crippen LogP contribution in [0.5, 0.6) is 0 Å². The minimum Gasteiger partial charge on any atom is -0.396 e. The van der Waals surface area contributed by atoms with Crippen LogP contribution in [0.2, 0.25) is 0 Å². The van der Waals surface area contributed by atoms with Gasteiger partial charge in [0.15, 0.2) is 0 Å². The molecule has 1 fully saturated rings. The number of nitrogen functional groups attached to an aromatic ring is 1. The number of hydrogen-bond donors (Lipinski definition) is 2. The van der Waals surface area contributed by atoms with E-state index in [0.29, 0.717) is 6.04 Å². The van der Waals surface area contributed by atoms with E-state index >= 15 is 0 Å². The molecule has 0 atom stereocenters. The highest BCUT2D eigenvalue weighted by molar-refractivity contribution is 5.99. The Labute approximate surface area is 119 Å². The lowest BCUT2D eigenvalue weighted by Crippen LogP contribution is -2.46. The molecule has 1 saturated heterocycles. The van der Waals surface area contributed by atoms with Crippen LogP contribution < -0.4 is 11.1 Å². The number of carbonyl (C=O) groups is 1. The van der Waals surface area contributed by atoms with Crippen molar-refractivity contribution in [3.05, 3.63) is 29.6 Å². The second kappa shape index (κ2) is 6.22. The predicted octanol–water partition coefficient (Wildman–Crippen LogP) is 2.01. The van der Waals surface area contributed by atoms with Crippen LogP contribution in [0.1, 0.15) is 37.0 Å². The van der Waals surface area contributed by atoms with Gasteiger partial charge in [0.25, 0.3) is 5.91 Å². The van der Waals surface area contributed by atoms with E-state index in [2.05, 4.69) is 24.1 Å². The van der Waals surface area contributed by atoms with Crippen LogP contribution in [-0.4, -0.2) is 36.0 Å². The minimum atomic E-state index is -0.549. The molecule has 1 aromatic carbocycles. The summed E-state index contributed by atoms with van der Waals surface area (Å²) in [6, 6.07) is 4.98. The number of hydrogen-bond acceptors (Lipinski definition) is 3. The van der Waals surface area contributed by atoms with E-state index in [9.17, 15) is 9.18 Å². The summed E-state index contributed by atoms with van der Waals surface area (Å²) < 4.78 is 13.3. The van der Waals surface area contributed by atoms with Crippen molar-refractivity contribution >= 4 is 11.6 Å². The lowest BCUT2D eigenvalue weighted by atomic mass is 10.0. The number of benzene rings is 1. The fourth-order valence-electron chi connectivity index (χ4n) is 2.56. The number of nitrogens with two attached hydrogens (primary N) is 1. The molecule has 5 heteroatoms. The van der Waals surface area contributed by atoms with Crippen LogP contribution >= 0.6 is 0 Å². The summed E-state index contributed by atoms with van der Waals surface area (Å²) in [6.07, 6.45) is 1.83. The van der Waals surface area contributed by atoms with Crippen molar-refractivity contribution in [2.45, 2.75) is 38.8 Å². The molecular formula is C15H22FN3O. The van der Waals surface area contributed by atoms with E-state index in [4.69, 9.17) is 5.73 Å². The van der Waals surface area contributed by atoms with Crippen LogP contribution in [0, 0.1) is 5.82 Å². The average Bonchev–Trinajstić information content (AvgIpc) is 2.42. The topological polar surface area (TPSA) is 58.4 Å². The normalized spacial score (nSPS) is 17.4. The second-order valence-corrected chi connectivity index (χ2v) is 5.58. The van der Waals surface area contributed by atoms with Crippen LogP contribution in [0.15, 0.2) is 18.2 Å². The third kappa shape index (κ3) is 3.28. The highest BCUT2D eigenvalue weighted by Gasteiger charge is 2.23. The van der Waals surface area contributed by atoms with Crippen LogP contribution in [0.3, 0.4) is 0 Å². The lowest BCUT2D eigenvalue weighted by molar-refractivity contribution is 0.0901. The van der Waals surface area contributed by atoms with E-state index in [1.807, 2.05) is 0 Å². The first-order valence-electron chi connectivity index (χ1n) is 7.08. The fourth-order valence-corrected chi connectivity index (χ4v) is 2.56. The smallest absolute Gasteiger partial charge is 0.253 e. The summed E-state index contributed by atoms with van der Waals surface area (Å²) in [4.78, 5) is 14.5. The highest BCUT2D eigenvalue weighted by atomic mass is 19.1. The van der Waals surface area contributed by atoms with Gasteiger partial charge in [0.1, 0.15) is 5.82 Å². The summed E-state index contributed by atoms with van der Waals surface area (Å²) >= 11 is 0. The van der Waals surface area contributed by atoms with Gasteiger partial charge in [0.05, 0.1) is 11.3 Å². The van der Waals surface area contributed by atoms with E-state index in [1.165, 1.54) is 12.1 Å². The van der Waals surface area contributed by atoms with Gasteiger partial charge in [0.2, 0.25) is 0 Å². The van der Waals surface area contributed by atoms with Crippen LogP contribution in [0.4, 0.5) is 10.1 Å². The standard InChI is InChI=1S/C15H22FN3O/c1-10(2)19-8-6-11(7-9-19)18-15(20)12-4-3-5-13(16)14(12)17/h3-5,10-11H,6-9,17H2,1-2H3,(H,18,20). The van der Waals surface area contributed by atoms with Gasteiger partial charge in [-0.15, -0.1) is 0 Å². The molecule has 1 amide bonds. The largest absolute Gasteiger partial charge is 0.396 e. The molecule has 0 bridgehead atoms. The first-order chi connectivity index (χ1) is 9.49. The zero-order valence-electron chi connectivity index (χ0n) is 12.0. The van der Waals surface area contributed by atoms with Crippen molar-refractivity contribution in [2.24, 2.45) is 0 Å². The van der Waals surface area contributed by atoms with Gasteiger partial charge in [-0.2, -0.15) is 0 Å². The van der Waals surface area contributed by atoms with Crippen LogP contribution in [0.25, 0.3) is 0 Å². The van der Waals surface area contributed by atoms with Crippen molar-refractivity contribution in [3.8, 4) is 0 Å². The summed E-state index contributed by atoms with van der Waals surface area (Å²) in [5.74, 6) is -0.836. The van der Waals surface area contributed by atoms with E-state index in [-0.39, 0.29) is 23.2 Å². The SMILES string of the molecule is CC(C)N1CCC(NC(=O)c2cccc(F)c2N)CC1. The molecule has 0 spiro atoms. The number of carbonyl (C=O) groups excluding carboxylic acids is 1. The Balaban J connectivity index is 1.94. The third-order valence-corrected chi connectivity index (χ3v) is 3.89. The number of nitrogens with zero attached hydrogens (tertiary/aromatic N) is 1. The van der Waals surface area contributed by atoms with Crippen molar-refractivity contribution < 1.29 is 9.18 Å². The molecule has 0 unspecified atom stereocenters. The molecule has 2 rings (SSSR count). The Morgan fingerprint density at radius 2 is 2.05 bits per heavy atom. The van der Waals surface area contributed by atoms with E-state index in [0.717, 1.165) is 25.9 Å². The maximum Gasteiger partial charge on any atom is 0.253 e. The third-order valence-electron chi connectivity index (χ3n) is 3.89. The molecule has 0 aliphatic carbocycles. The Bertz CT molecular complexity index is 482. The molecule has 4 nitrogen and oxygen atoms in total. The number of nitrogens with one attached hydrogen (secondary N) is 1.